The number of unbranched alkanes of at least 4 members (excludes halogenated alkanes) is 1. The topological polar surface area (TPSA) is 201 Å². The quantitative estimate of drug-likeness (QED) is 0.111. The van der Waals surface area contributed by atoms with Crippen molar-refractivity contribution in [3.8, 4) is 28.7 Å². The van der Waals surface area contributed by atoms with Gasteiger partial charge in [-0.1, -0.05) is 24.3 Å². The fraction of sp³-hybridized carbons (Fsp3) is 0.312. The van der Waals surface area contributed by atoms with E-state index in [-0.39, 0.29) is 48.3 Å². The summed E-state index contributed by atoms with van der Waals surface area (Å²) in [4.78, 5) is 44.7. The van der Waals surface area contributed by atoms with Gasteiger partial charge in [-0.05, 0) is 62.6 Å². The van der Waals surface area contributed by atoms with Crippen molar-refractivity contribution in [2.75, 3.05) is 26.2 Å². The molecule has 13 nitrogen and oxygen atoms in total. The number of carbonyl (C=O) groups is 3. The van der Waals surface area contributed by atoms with Crippen molar-refractivity contribution in [2.45, 2.75) is 38.3 Å². The van der Waals surface area contributed by atoms with Crippen LogP contribution in [0.4, 0.5) is 0 Å². The summed E-state index contributed by atoms with van der Waals surface area (Å²) in [5.74, 6) is -3.13. The molecule has 0 saturated heterocycles. The number of para-hydroxylation sites is 3. The summed E-state index contributed by atoms with van der Waals surface area (Å²) in [6.45, 7) is 2.69. The van der Waals surface area contributed by atoms with Gasteiger partial charge in [-0.2, -0.15) is 0 Å². The van der Waals surface area contributed by atoms with Crippen LogP contribution in [0.15, 0.2) is 65.7 Å². The third-order valence-corrected chi connectivity index (χ3v) is 7.25. The Bertz CT molecular complexity index is 1580. The molecule has 0 bridgehead atoms. The van der Waals surface area contributed by atoms with Crippen LogP contribution >= 0.6 is 0 Å². The number of ether oxygens (including phenoxy) is 1. The van der Waals surface area contributed by atoms with E-state index in [1.54, 1.807) is 30.0 Å². The van der Waals surface area contributed by atoms with Crippen molar-refractivity contribution >= 4 is 23.6 Å². The number of phenolic OH excluding ortho intramolecular Hbond substituents is 5. The van der Waals surface area contributed by atoms with Gasteiger partial charge in [-0.3, -0.25) is 14.4 Å². The molecule has 0 aliphatic carbocycles. The molecule has 4 rings (SSSR count). The monoisotopic (exact) mass is 620 g/mol. The summed E-state index contributed by atoms with van der Waals surface area (Å²) in [5, 5.41) is 54.8. The maximum atomic E-state index is 13.7. The summed E-state index contributed by atoms with van der Waals surface area (Å²) in [7, 11) is 0. The highest BCUT2D eigenvalue weighted by molar-refractivity contribution is 6.01. The van der Waals surface area contributed by atoms with Crippen LogP contribution in [0.3, 0.4) is 0 Å². The number of rotatable bonds is 13. The SMILES string of the molecule is C[C@@H]1OC(c2ccccc2O)=N[C@@H]1C(=O)N(CCCCNC(=O)c1cccc(O)c1O)CCCNC(=O)c1cccc(O)c1O. The zero-order valence-electron chi connectivity index (χ0n) is 24.6. The number of nitrogens with zero attached hydrogens (tertiary/aromatic N) is 2. The zero-order chi connectivity index (χ0) is 32.5. The first-order valence-electron chi connectivity index (χ1n) is 14.5. The van der Waals surface area contributed by atoms with Gasteiger partial charge < -0.3 is 45.8 Å². The van der Waals surface area contributed by atoms with Gasteiger partial charge in [0.15, 0.2) is 29.0 Å². The van der Waals surface area contributed by atoms with E-state index in [1.807, 2.05) is 0 Å². The molecule has 238 valence electrons. The maximum Gasteiger partial charge on any atom is 0.255 e. The van der Waals surface area contributed by atoms with Crippen LogP contribution in [0.25, 0.3) is 0 Å². The third kappa shape index (κ3) is 7.93. The summed E-state index contributed by atoms with van der Waals surface area (Å²) >= 11 is 0. The van der Waals surface area contributed by atoms with Crippen LogP contribution in [0.5, 0.6) is 28.7 Å². The molecule has 1 aliphatic heterocycles. The van der Waals surface area contributed by atoms with Crippen LogP contribution in [0.2, 0.25) is 0 Å². The lowest BCUT2D eigenvalue weighted by Gasteiger charge is -2.26. The van der Waals surface area contributed by atoms with Gasteiger partial charge >= 0.3 is 0 Å². The number of phenols is 5. The Kier molecular flexibility index (Phi) is 10.7. The zero-order valence-corrected chi connectivity index (χ0v) is 24.6. The number of hydrogen-bond donors (Lipinski definition) is 7. The Hall–Kier alpha value is -5.46. The average Bonchev–Trinajstić information content (AvgIpc) is 3.41. The summed E-state index contributed by atoms with van der Waals surface area (Å²) in [6.07, 6.45) is 0.755. The van der Waals surface area contributed by atoms with E-state index < -0.39 is 47.0 Å². The van der Waals surface area contributed by atoms with Crippen molar-refractivity contribution in [1.82, 2.24) is 15.5 Å². The Balaban J connectivity index is 1.37. The maximum absolute atomic E-state index is 13.7. The van der Waals surface area contributed by atoms with Gasteiger partial charge in [0.1, 0.15) is 11.9 Å². The van der Waals surface area contributed by atoms with Crippen molar-refractivity contribution < 1.29 is 44.7 Å². The van der Waals surface area contributed by atoms with Crippen LogP contribution in [-0.4, -0.2) is 92.4 Å². The predicted octanol–water partition coefficient (Wildman–Crippen LogP) is 2.61. The normalized spacial score (nSPS) is 15.5. The number of carbonyl (C=O) groups excluding carboxylic acids is 3. The Morgan fingerprint density at radius 2 is 1.27 bits per heavy atom. The van der Waals surface area contributed by atoms with Crippen molar-refractivity contribution in [3.63, 3.8) is 0 Å². The van der Waals surface area contributed by atoms with Crippen LogP contribution < -0.4 is 10.6 Å². The van der Waals surface area contributed by atoms with E-state index >= 15 is 0 Å². The Morgan fingerprint density at radius 3 is 1.87 bits per heavy atom. The summed E-state index contributed by atoms with van der Waals surface area (Å²) in [5.41, 5.74) is 0.242. The van der Waals surface area contributed by atoms with Crippen molar-refractivity contribution in [1.29, 1.82) is 0 Å². The molecule has 0 radical (unpaired) electrons. The second kappa shape index (κ2) is 14.8. The molecule has 0 fully saturated rings. The second-order valence-electron chi connectivity index (χ2n) is 10.5. The van der Waals surface area contributed by atoms with Gasteiger partial charge in [0.05, 0.1) is 16.7 Å². The molecular weight excluding hydrogens is 584 g/mol. The highest BCUT2D eigenvalue weighted by Gasteiger charge is 2.36. The van der Waals surface area contributed by atoms with Crippen molar-refractivity contribution in [3.05, 3.63) is 77.4 Å². The Labute approximate surface area is 259 Å². The first kappa shape index (κ1) is 32.5. The van der Waals surface area contributed by atoms with Gasteiger partial charge in [0.2, 0.25) is 5.90 Å². The van der Waals surface area contributed by atoms with Crippen LogP contribution in [0.1, 0.15) is 52.5 Å². The van der Waals surface area contributed by atoms with Crippen LogP contribution in [0, 0.1) is 0 Å². The van der Waals surface area contributed by atoms with Gasteiger partial charge in [-0.25, -0.2) is 4.99 Å². The minimum atomic E-state index is -0.869. The van der Waals surface area contributed by atoms with Gasteiger partial charge in [0.25, 0.3) is 17.7 Å². The molecule has 0 saturated carbocycles. The molecule has 0 spiro atoms. The minimum Gasteiger partial charge on any atom is -0.507 e. The summed E-state index contributed by atoms with van der Waals surface area (Å²) < 4.78 is 5.82. The number of aromatic hydroxyl groups is 5. The van der Waals surface area contributed by atoms with Crippen LogP contribution in [-0.2, 0) is 9.53 Å². The van der Waals surface area contributed by atoms with E-state index in [2.05, 4.69) is 15.6 Å². The largest absolute Gasteiger partial charge is 0.507 e. The lowest BCUT2D eigenvalue weighted by molar-refractivity contribution is -0.134. The molecule has 45 heavy (non-hydrogen) atoms. The Morgan fingerprint density at radius 1 is 0.733 bits per heavy atom. The minimum absolute atomic E-state index is 0.0250. The lowest BCUT2D eigenvalue weighted by atomic mass is 10.1. The smallest absolute Gasteiger partial charge is 0.255 e. The standard InChI is InChI=1S/C32H36N4O9/c1-19-26(35-31(45-19)20-9-2-3-12-23(20)37)32(44)36(18-8-16-34-30(43)22-11-7-14-25(39)28(22)41)17-5-4-15-33-29(42)21-10-6-13-24(38)27(21)40/h2-3,6-7,9-14,19,26,37-41H,4-5,8,15-18H2,1H3,(H,33,42)(H,34,43)/t19-,26-/m0/s1. The number of hydrogen-bond acceptors (Lipinski definition) is 10. The van der Waals surface area contributed by atoms with E-state index in [1.165, 1.54) is 42.5 Å². The van der Waals surface area contributed by atoms with Gasteiger partial charge in [-0.15, -0.1) is 0 Å². The fourth-order valence-corrected chi connectivity index (χ4v) is 4.79. The highest BCUT2D eigenvalue weighted by Crippen LogP contribution is 2.29. The molecule has 3 aromatic rings. The number of nitrogens with one attached hydrogen (secondary N) is 2. The third-order valence-electron chi connectivity index (χ3n) is 7.25. The first-order valence-corrected chi connectivity index (χ1v) is 14.5. The van der Waals surface area contributed by atoms with E-state index in [9.17, 15) is 39.9 Å². The molecule has 0 aromatic heterocycles. The molecule has 2 atom stereocenters. The number of amides is 3. The molecule has 0 unspecified atom stereocenters. The van der Waals surface area contributed by atoms with E-state index in [0.29, 0.717) is 31.4 Å². The predicted molar refractivity (Wildman–Crippen MR) is 164 cm³/mol. The fourth-order valence-electron chi connectivity index (χ4n) is 4.79. The number of aliphatic imine (C=N–C) groups is 1. The first-order chi connectivity index (χ1) is 21.6. The van der Waals surface area contributed by atoms with E-state index in [4.69, 9.17) is 4.74 Å². The van der Waals surface area contributed by atoms with Crippen molar-refractivity contribution in [2.24, 2.45) is 4.99 Å². The lowest BCUT2D eigenvalue weighted by Crippen LogP contribution is -2.43. The number of benzene rings is 3. The highest BCUT2D eigenvalue weighted by atomic mass is 16.5. The second-order valence-corrected chi connectivity index (χ2v) is 10.5. The molecule has 1 heterocycles. The van der Waals surface area contributed by atoms with E-state index in [0.717, 1.165) is 0 Å². The molecule has 3 amide bonds. The molecule has 3 aromatic carbocycles. The average molecular weight is 621 g/mol. The molecule has 13 heteroatoms. The molecule has 7 N–H and O–H groups in total. The van der Waals surface area contributed by atoms with Gasteiger partial charge in [0, 0.05) is 26.2 Å². The molecular formula is C32H36N4O9. The summed E-state index contributed by atoms with van der Waals surface area (Å²) in [6, 6.07) is 13.8. The molecule has 1 aliphatic rings.